The number of aliphatic hydroxyl groups excluding tert-OH is 1. The molecular weight excluding hydrogens is 460 g/mol. The lowest BCUT2D eigenvalue weighted by Gasteiger charge is -2.26. The summed E-state index contributed by atoms with van der Waals surface area (Å²) in [4.78, 5) is 63.2. The number of H-pyrrole nitrogens is 2. The van der Waals surface area contributed by atoms with Crippen molar-refractivity contribution in [2.24, 2.45) is 11.7 Å². The van der Waals surface area contributed by atoms with E-state index in [0.717, 1.165) is 0 Å². The van der Waals surface area contributed by atoms with Gasteiger partial charge in [-0.15, -0.1) is 0 Å². The number of carboxylic acids is 1. The topological polar surface area (TPSA) is 228 Å². The highest BCUT2D eigenvalue weighted by atomic mass is 16.4. The number of rotatable bonds is 14. The molecule has 2 aromatic heterocycles. The first-order valence-electron chi connectivity index (χ1n) is 11.1. The molecule has 0 radical (unpaired) electrons. The smallest absolute Gasteiger partial charge is 0.326 e. The summed E-state index contributed by atoms with van der Waals surface area (Å²) in [7, 11) is 0. The summed E-state index contributed by atoms with van der Waals surface area (Å²) in [5, 5.41) is 26.5. The van der Waals surface area contributed by atoms with Gasteiger partial charge in [-0.05, 0) is 5.92 Å². The van der Waals surface area contributed by atoms with Crippen LogP contribution >= 0.6 is 0 Å². The van der Waals surface area contributed by atoms with Crippen molar-refractivity contribution in [3.63, 3.8) is 0 Å². The van der Waals surface area contributed by atoms with Crippen LogP contribution in [0.25, 0.3) is 0 Å². The molecule has 35 heavy (non-hydrogen) atoms. The van der Waals surface area contributed by atoms with Crippen molar-refractivity contribution in [3.8, 4) is 0 Å². The molecule has 0 aliphatic rings. The van der Waals surface area contributed by atoms with E-state index in [2.05, 4.69) is 35.9 Å². The molecule has 0 aliphatic carbocycles. The minimum atomic E-state index is -1.39. The molecule has 14 nitrogen and oxygen atoms in total. The number of carbonyl (C=O) groups is 4. The number of aliphatic carboxylic acids is 1. The quantitative estimate of drug-likeness (QED) is 0.143. The van der Waals surface area contributed by atoms with Gasteiger partial charge in [0, 0.05) is 36.6 Å². The number of hydrogen-bond acceptors (Lipinski definition) is 8. The predicted molar refractivity (Wildman–Crippen MR) is 123 cm³/mol. The highest BCUT2D eigenvalue weighted by Gasteiger charge is 2.32. The third kappa shape index (κ3) is 8.19. The zero-order chi connectivity index (χ0) is 26.0. The van der Waals surface area contributed by atoms with Gasteiger partial charge in [0.2, 0.25) is 17.7 Å². The van der Waals surface area contributed by atoms with E-state index in [1.54, 1.807) is 13.8 Å². The number of hydrogen-bond donors (Lipinski definition) is 8. The number of carbonyl (C=O) groups excluding carboxylic acids is 3. The Hall–Kier alpha value is -3.78. The molecule has 0 aliphatic heterocycles. The minimum absolute atomic E-state index is 0.0319. The Balaban J connectivity index is 2.09. The molecule has 0 spiro atoms. The molecule has 5 atom stereocenters. The second-order valence-corrected chi connectivity index (χ2v) is 8.18. The Morgan fingerprint density at radius 1 is 0.943 bits per heavy atom. The molecule has 2 heterocycles. The maximum absolute atomic E-state index is 13.0. The molecule has 3 amide bonds. The van der Waals surface area contributed by atoms with Gasteiger partial charge in [-0.2, -0.15) is 0 Å². The van der Waals surface area contributed by atoms with Crippen LogP contribution in [0.3, 0.4) is 0 Å². The fourth-order valence-corrected chi connectivity index (χ4v) is 3.23. The Labute approximate surface area is 201 Å². The van der Waals surface area contributed by atoms with Crippen LogP contribution in [0.1, 0.15) is 31.7 Å². The predicted octanol–water partition coefficient (Wildman–Crippen LogP) is -2.18. The van der Waals surface area contributed by atoms with Crippen molar-refractivity contribution in [2.75, 3.05) is 6.61 Å². The first kappa shape index (κ1) is 27.5. The number of imidazole rings is 2. The summed E-state index contributed by atoms with van der Waals surface area (Å²) in [6.07, 6.45) is 6.39. The van der Waals surface area contributed by atoms with Crippen molar-refractivity contribution in [1.29, 1.82) is 0 Å². The highest BCUT2D eigenvalue weighted by molar-refractivity contribution is 5.94. The minimum Gasteiger partial charge on any atom is -0.480 e. The Morgan fingerprint density at radius 2 is 1.49 bits per heavy atom. The standard InChI is InChI=1S/C21H32N8O6/c1-3-11(2)17(21(34)35)29-19(32)15(5-13-7-24-10-26-13)27-20(33)16(8-30)28-18(31)14(22)4-12-6-23-9-25-12/h6-7,9-11,14-17,30H,3-5,8,22H2,1-2H3,(H,23,25)(H,24,26)(H,27,33)(H,28,31)(H,29,32)(H,34,35). The van der Waals surface area contributed by atoms with E-state index < -0.39 is 54.5 Å². The third-order valence-electron chi connectivity index (χ3n) is 5.54. The Kier molecular flexibility index (Phi) is 10.4. The summed E-state index contributed by atoms with van der Waals surface area (Å²) in [6, 6.07) is -4.79. The SMILES string of the molecule is CCC(C)C(NC(=O)C(Cc1cnc[nH]1)NC(=O)C(CO)NC(=O)C(N)Cc1cnc[nH]1)C(=O)O. The maximum atomic E-state index is 13.0. The average molecular weight is 493 g/mol. The number of carboxylic acid groups (broad SMARTS) is 1. The van der Waals surface area contributed by atoms with Crippen molar-refractivity contribution < 1.29 is 29.4 Å². The number of amides is 3. The molecule has 0 fully saturated rings. The van der Waals surface area contributed by atoms with Gasteiger partial charge in [0.05, 0.1) is 25.3 Å². The summed E-state index contributed by atoms with van der Waals surface area (Å²) < 4.78 is 0. The second kappa shape index (κ2) is 13.2. The van der Waals surface area contributed by atoms with Gasteiger partial charge in [-0.3, -0.25) is 14.4 Å². The van der Waals surface area contributed by atoms with Gasteiger partial charge in [0.1, 0.15) is 18.1 Å². The van der Waals surface area contributed by atoms with Crippen LogP contribution in [0.4, 0.5) is 0 Å². The van der Waals surface area contributed by atoms with Gasteiger partial charge in [-0.1, -0.05) is 20.3 Å². The number of nitrogens with two attached hydrogens (primary N) is 1. The van der Waals surface area contributed by atoms with Gasteiger partial charge >= 0.3 is 5.97 Å². The van der Waals surface area contributed by atoms with Gasteiger partial charge < -0.3 is 41.9 Å². The number of nitrogens with one attached hydrogen (secondary N) is 5. The van der Waals surface area contributed by atoms with Crippen LogP contribution in [0.2, 0.25) is 0 Å². The Bertz CT molecular complexity index is 965. The second-order valence-electron chi connectivity index (χ2n) is 8.18. The van der Waals surface area contributed by atoms with Gasteiger partial charge in [0.25, 0.3) is 0 Å². The van der Waals surface area contributed by atoms with Crippen molar-refractivity contribution in [2.45, 2.75) is 57.3 Å². The maximum Gasteiger partial charge on any atom is 0.326 e. The van der Waals surface area contributed by atoms with E-state index >= 15 is 0 Å². The van der Waals surface area contributed by atoms with Crippen molar-refractivity contribution in [1.82, 2.24) is 35.9 Å². The number of aliphatic hydroxyl groups is 1. The van der Waals surface area contributed by atoms with E-state index in [1.807, 2.05) is 0 Å². The Morgan fingerprint density at radius 3 is 1.97 bits per heavy atom. The zero-order valence-corrected chi connectivity index (χ0v) is 19.5. The van der Waals surface area contributed by atoms with Crippen LogP contribution in [0.15, 0.2) is 25.0 Å². The van der Waals surface area contributed by atoms with E-state index in [9.17, 15) is 29.4 Å². The first-order valence-corrected chi connectivity index (χ1v) is 11.1. The van der Waals surface area contributed by atoms with E-state index in [4.69, 9.17) is 5.73 Å². The summed E-state index contributed by atoms with van der Waals surface area (Å²) in [5.41, 5.74) is 6.99. The van der Waals surface area contributed by atoms with Crippen LogP contribution in [-0.4, -0.2) is 84.6 Å². The summed E-state index contributed by atoms with van der Waals surface area (Å²) in [6.45, 7) is 2.73. The molecule has 192 valence electrons. The lowest BCUT2D eigenvalue weighted by atomic mass is 9.98. The molecule has 2 rings (SSSR count). The zero-order valence-electron chi connectivity index (χ0n) is 19.5. The van der Waals surface area contributed by atoms with E-state index in [1.165, 1.54) is 25.0 Å². The number of aromatic amines is 2. The molecule has 0 bridgehead atoms. The van der Waals surface area contributed by atoms with Crippen LogP contribution in [-0.2, 0) is 32.0 Å². The molecule has 5 unspecified atom stereocenters. The van der Waals surface area contributed by atoms with Crippen molar-refractivity contribution >= 4 is 23.7 Å². The molecule has 0 saturated carbocycles. The molecule has 2 aromatic rings. The lowest BCUT2D eigenvalue weighted by molar-refractivity contribution is -0.143. The summed E-state index contributed by atoms with van der Waals surface area (Å²) in [5.74, 6) is -3.83. The molecule has 9 N–H and O–H groups in total. The molecule has 0 saturated heterocycles. The number of aromatic nitrogens is 4. The lowest BCUT2D eigenvalue weighted by Crippen LogP contribution is -2.59. The largest absolute Gasteiger partial charge is 0.480 e. The van der Waals surface area contributed by atoms with Gasteiger partial charge in [0.15, 0.2) is 0 Å². The van der Waals surface area contributed by atoms with Crippen molar-refractivity contribution in [3.05, 3.63) is 36.4 Å². The third-order valence-corrected chi connectivity index (χ3v) is 5.54. The normalized spacial score (nSPS) is 15.3. The first-order chi connectivity index (χ1) is 16.7. The monoisotopic (exact) mass is 492 g/mol. The van der Waals surface area contributed by atoms with Crippen LogP contribution < -0.4 is 21.7 Å². The number of nitrogens with zero attached hydrogens (tertiary/aromatic N) is 2. The van der Waals surface area contributed by atoms with E-state index in [0.29, 0.717) is 17.8 Å². The molecular formula is C21H32N8O6. The van der Waals surface area contributed by atoms with Crippen LogP contribution in [0.5, 0.6) is 0 Å². The fraction of sp³-hybridized carbons (Fsp3) is 0.524. The van der Waals surface area contributed by atoms with E-state index in [-0.39, 0.29) is 18.8 Å². The molecule has 14 heteroatoms. The highest BCUT2D eigenvalue weighted by Crippen LogP contribution is 2.09. The summed E-state index contributed by atoms with van der Waals surface area (Å²) >= 11 is 0. The fourth-order valence-electron chi connectivity index (χ4n) is 3.23. The van der Waals surface area contributed by atoms with Gasteiger partial charge in [-0.25, -0.2) is 14.8 Å². The molecule has 0 aromatic carbocycles. The van der Waals surface area contributed by atoms with Crippen LogP contribution in [0, 0.1) is 5.92 Å². The average Bonchev–Trinajstić information content (AvgIpc) is 3.53.